The first-order valence-electron chi connectivity index (χ1n) is 10.6. The lowest BCUT2D eigenvalue weighted by Crippen LogP contribution is -2.39. The van der Waals surface area contributed by atoms with Gasteiger partial charge in [-0.15, -0.1) is 0 Å². The molecule has 0 saturated carbocycles. The lowest BCUT2D eigenvalue weighted by molar-refractivity contribution is -0.120. The van der Waals surface area contributed by atoms with E-state index in [0.717, 1.165) is 22.5 Å². The third-order valence-corrected chi connectivity index (χ3v) is 5.81. The maximum absolute atomic E-state index is 12.8. The molecule has 1 aliphatic rings. The summed E-state index contributed by atoms with van der Waals surface area (Å²) in [5.74, 6) is 0.528. The molecular formula is C25H22N4O3. The molecule has 0 bridgehead atoms. The summed E-state index contributed by atoms with van der Waals surface area (Å²) in [5, 5.41) is 3.54. The standard InChI is InChI=1S/C25H22N4O3/c30-24(28-21-14-19-8-4-5-9-22(19)32-25(21)31)18-10-12-29(13-11-18)23-15-20(26-16-27-23)17-6-2-1-3-7-17/h1-9,14-16,18H,10-13H2,(H,28,30). The van der Waals surface area contributed by atoms with Gasteiger partial charge in [-0.1, -0.05) is 48.5 Å². The van der Waals surface area contributed by atoms with Crippen LogP contribution in [-0.4, -0.2) is 29.0 Å². The van der Waals surface area contributed by atoms with Crippen LogP contribution in [0.15, 0.2) is 82.3 Å². The fourth-order valence-corrected chi connectivity index (χ4v) is 4.04. The van der Waals surface area contributed by atoms with Crippen molar-refractivity contribution in [2.45, 2.75) is 12.8 Å². The van der Waals surface area contributed by atoms with Crippen molar-refractivity contribution >= 4 is 28.4 Å². The van der Waals surface area contributed by atoms with Crippen LogP contribution < -0.4 is 15.8 Å². The molecule has 1 saturated heterocycles. The van der Waals surface area contributed by atoms with E-state index in [-0.39, 0.29) is 17.5 Å². The second-order valence-electron chi connectivity index (χ2n) is 7.86. The molecule has 7 nitrogen and oxygen atoms in total. The third-order valence-electron chi connectivity index (χ3n) is 5.81. The Morgan fingerprint density at radius 3 is 2.53 bits per heavy atom. The summed E-state index contributed by atoms with van der Waals surface area (Å²) < 4.78 is 5.31. The number of rotatable bonds is 4. The summed E-state index contributed by atoms with van der Waals surface area (Å²) in [7, 11) is 0. The second kappa shape index (κ2) is 8.63. The lowest BCUT2D eigenvalue weighted by atomic mass is 9.95. The van der Waals surface area contributed by atoms with Crippen molar-refractivity contribution in [1.82, 2.24) is 9.97 Å². The topological polar surface area (TPSA) is 88.3 Å². The zero-order chi connectivity index (χ0) is 21.9. The predicted molar refractivity (Wildman–Crippen MR) is 124 cm³/mol. The first-order chi connectivity index (χ1) is 15.7. The summed E-state index contributed by atoms with van der Waals surface area (Å²) in [6, 6.07) is 20.9. The van der Waals surface area contributed by atoms with Crippen molar-refractivity contribution in [1.29, 1.82) is 0 Å². The molecule has 1 N–H and O–H groups in total. The van der Waals surface area contributed by atoms with E-state index < -0.39 is 5.63 Å². The van der Waals surface area contributed by atoms with Crippen LogP contribution in [0.3, 0.4) is 0 Å². The number of anilines is 2. The van der Waals surface area contributed by atoms with Crippen LogP contribution in [0.4, 0.5) is 11.5 Å². The van der Waals surface area contributed by atoms with E-state index in [9.17, 15) is 9.59 Å². The zero-order valence-electron chi connectivity index (χ0n) is 17.4. The Bertz CT molecular complexity index is 1310. The molecule has 1 aliphatic heterocycles. The van der Waals surface area contributed by atoms with Crippen molar-refractivity contribution in [3.05, 3.63) is 83.5 Å². The molecule has 4 aromatic rings. The minimum atomic E-state index is -0.538. The highest BCUT2D eigenvalue weighted by Crippen LogP contribution is 2.26. The minimum absolute atomic E-state index is 0.153. The quantitative estimate of drug-likeness (QED) is 0.494. The molecule has 0 aliphatic carbocycles. The molecule has 2 aromatic heterocycles. The molecule has 0 atom stereocenters. The fourth-order valence-electron chi connectivity index (χ4n) is 4.04. The Kier molecular flexibility index (Phi) is 5.37. The van der Waals surface area contributed by atoms with E-state index in [1.807, 2.05) is 48.5 Å². The largest absolute Gasteiger partial charge is 0.421 e. The predicted octanol–water partition coefficient (Wildman–Crippen LogP) is 4.11. The van der Waals surface area contributed by atoms with Gasteiger partial charge in [0.1, 0.15) is 23.4 Å². The van der Waals surface area contributed by atoms with Gasteiger partial charge in [0.2, 0.25) is 5.91 Å². The Balaban J connectivity index is 1.25. The smallest absolute Gasteiger partial charge is 0.360 e. The van der Waals surface area contributed by atoms with Crippen LogP contribution in [0.2, 0.25) is 0 Å². The van der Waals surface area contributed by atoms with Crippen LogP contribution in [0.5, 0.6) is 0 Å². The molecule has 1 amide bonds. The number of piperidine rings is 1. The fraction of sp³-hybridized carbons (Fsp3) is 0.200. The Labute approximate surface area is 184 Å². The molecule has 160 valence electrons. The zero-order valence-corrected chi connectivity index (χ0v) is 17.4. The SMILES string of the molecule is O=C(Nc1cc2ccccc2oc1=O)C1CCN(c2cc(-c3ccccc3)ncn2)CC1. The molecule has 0 spiro atoms. The maximum Gasteiger partial charge on any atom is 0.360 e. The van der Waals surface area contributed by atoms with Gasteiger partial charge in [0.25, 0.3) is 0 Å². The van der Waals surface area contributed by atoms with E-state index in [4.69, 9.17) is 4.42 Å². The molecule has 7 heteroatoms. The van der Waals surface area contributed by atoms with E-state index >= 15 is 0 Å². The number of carbonyl (C=O) groups is 1. The number of amides is 1. The number of nitrogens with zero attached hydrogens (tertiary/aromatic N) is 3. The first-order valence-corrected chi connectivity index (χ1v) is 10.6. The summed E-state index contributed by atoms with van der Waals surface area (Å²) in [5.41, 5.74) is 2.06. The molecule has 5 rings (SSSR count). The number of benzene rings is 2. The summed E-state index contributed by atoms with van der Waals surface area (Å²) in [4.78, 5) is 36.0. The van der Waals surface area contributed by atoms with Crippen LogP contribution in [0.1, 0.15) is 12.8 Å². The summed E-state index contributed by atoms with van der Waals surface area (Å²) in [6.07, 6.45) is 2.93. The van der Waals surface area contributed by atoms with Gasteiger partial charge in [0, 0.05) is 36.0 Å². The number of nitrogens with one attached hydrogen (secondary N) is 1. The molecule has 0 unspecified atom stereocenters. The Hall–Kier alpha value is -4.00. The van der Waals surface area contributed by atoms with Crippen LogP contribution in [0.25, 0.3) is 22.2 Å². The monoisotopic (exact) mass is 426 g/mol. The van der Waals surface area contributed by atoms with Gasteiger partial charge in [0.15, 0.2) is 0 Å². The third kappa shape index (κ3) is 4.09. The number of hydrogen-bond acceptors (Lipinski definition) is 6. The summed E-state index contributed by atoms with van der Waals surface area (Å²) >= 11 is 0. The number of para-hydroxylation sites is 1. The lowest BCUT2D eigenvalue weighted by Gasteiger charge is -2.32. The minimum Gasteiger partial charge on any atom is -0.421 e. The first kappa shape index (κ1) is 19.9. The van der Waals surface area contributed by atoms with Crippen LogP contribution in [-0.2, 0) is 4.79 Å². The van der Waals surface area contributed by atoms with Gasteiger partial charge in [-0.25, -0.2) is 14.8 Å². The highest BCUT2D eigenvalue weighted by Gasteiger charge is 2.26. The van der Waals surface area contributed by atoms with Crippen LogP contribution >= 0.6 is 0 Å². The van der Waals surface area contributed by atoms with Crippen molar-refractivity contribution in [2.24, 2.45) is 5.92 Å². The van der Waals surface area contributed by atoms with Crippen molar-refractivity contribution in [2.75, 3.05) is 23.3 Å². The Morgan fingerprint density at radius 2 is 1.72 bits per heavy atom. The average molecular weight is 426 g/mol. The normalized spacial score (nSPS) is 14.4. The van der Waals surface area contributed by atoms with Gasteiger partial charge in [-0.2, -0.15) is 0 Å². The van der Waals surface area contributed by atoms with E-state index in [2.05, 4.69) is 20.2 Å². The molecule has 32 heavy (non-hydrogen) atoms. The number of hydrogen-bond donors (Lipinski definition) is 1. The van der Waals surface area contributed by atoms with Crippen molar-refractivity contribution in [3.63, 3.8) is 0 Å². The van der Waals surface area contributed by atoms with Gasteiger partial charge >= 0.3 is 5.63 Å². The highest BCUT2D eigenvalue weighted by atomic mass is 16.4. The molecule has 2 aromatic carbocycles. The van der Waals surface area contributed by atoms with E-state index in [1.165, 1.54) is 0 Å². The number of aromatic nitrogens is 2. The van der Waals surface area contributed by atoms with Crippen molar-refractivity contribution in [3.8, 4) is 11.3 Å². The molecule has 0 radical (unpaired) electrons. The molecular weight excluding hydrogens is 404 g/mol. The summed E-state index contributed by atoms with van der Waals surface area (Å²) in [6.45, 7) is 1.41. The maximum atomic E-state index is 12.8. The van der Waals surface area contributed by atoms with Crippen molar-refractivity contribution < 1.29 is 9.21 Å². The van der Waals surface area contributed by atoms with E-state index in [1.54, 1.807) is 24.5 Å². The van der Waals surface area contributed by atoms with Gasteiger partial charge < -0.3 is 14.6 Å². The molecule has 3 heterocycles. The molecule has 1 fully saturated rings. The van der Waals surface area contributed by atoms with E-state index in [0.29, 0.717) is 31.5 Å². The van der Waals surface area contributed by atoms with Gasteiger partial charge in [-0.05, 0) is 25.0 Å². The number of carbonyl (C=O) groups excluding carboxylic acids is 1. The van der Waals surface area contributed by atoms with Gasteiger partial charge in [-0.3, -0.25) is 4.79 Å². The second-order valence-corrected chi connectivity index (χ2v) is 7.86. The number of fused-ring (bicyclic) bond motifs is 1. The Morgan fingerprint density at radius 1 is 0.969 bits per heavy atom. The van der Waals surface area contributed by atoms with Crippen LogP contribution in [0, 0.1) is 5.92 Å². The average Bonchev–Trinajstić information content (AvgIpc) is 2.85. The highest BCUT2D eigenvalue weighted by molar-refractivity contribution is 5.94. The van der Waals surface area contributed by atoms with Gasteiger partial charge in [0.05, 0.1) is 5.69 Å².